The average molecular weight is 655 g/mol. The molecule has 0 atom stereocenters. The number of carbonyl (C=O) groups is 2. The highest BCUT2D eigenvalue weighted by atomic mass is 35.5. The van der Waals surface area contributed by atoms with Gasteiger partial charge >= 0.3 is 6.09 Å². The van der Waals surface area contributed by atoms with E-state index in [0.29, 0.717) is 56.1 Å². The Labute approximate surface area is 265 Å². The number of benzene rings is 2. The highest BCUT2D eigenvalue weighted by Gasteiger charge is 2.31. The van der Waals surface area contributed by atoms with Crippen LogP contribution in [0.4, 0.5) is 4.79 Å². The van der Waals surface area contributed by atoms with E-state index in [-0.39, 0.29) is 34.6 Å². The zero-order chi connectivity index (χ0) is 31.8. The van der Waals surface area contributed by atoms with Gasteiger partial charge in [0, 0.05) is 35.0 Å². The van der Waals surface area contributed by atoms with Crippen LogP contribution in [0.25, 0.3) is 33.6 Å². The Bertz CT molecular complexity index is 1890. The van der Waals surface area contributed by atoms with Gasteiger partial charge in [-0.1, -0.05) is 53.5 Å². The summed E-state index contributed by atoms with van der Waals surface area (Å²) in [6, 6.07) is 15.4. The van der Waals surface area contributed by atoms with Crippen LogP contribution in [0.1, 0.15) is 36.7 Å². The van der Waals surface area contributed by atoms with Gasteiger partial charge in [-0.15, -0.1) is 0 Å². The number of carbonyl (C=O) groups excluding carboxylic acids is 2. The number of ether oxygens (including phenoxy) is 2. The summed E-state index contributed by atoms with van der Waals surface area (Å²) in [6.07, 6.45) is 1.66. The van der Waals surface area contributed by atoms with Crippen LogP contribution >= 0.6 is 23.2 Å². The van der Waals surface area contributed by atoms with Gasteiger partial charge in [-0.3, -0.25) is 9.78 Å². The smallest absolute Gasteiger partial charge is 0.410 e. The molecule has 9 nitrogen and oxygen atoms in total. The van der Waals surface area contributed by atoms with Crippen molar-refractivity contribution >= 4 is 45.4 Å². The summed E-state index contributed by atoms with van der Waals surface area (Å²) in [4.78, 5) is 34.5. The summed E-state index contributed by atoms with van der Waals surface area (Å²) in [7, 11) is -2.30. The van der Waals surface area contributed by atoms with Gasteiger partial charge in [0.1, 0.15) is 5.60 Å². The van der Waals surface area contributed by atoms with E-state index in [1.165, 1.54) is 12.0 Å². The van der Waals surface area contributed by atoms with Crippen LogP contribution in [-0.2, 0) is 21.1 Å². The molecule has 0 saturated heterocycles. The second kappa shape index (κ2) is 12.2. The van der Waals surface area contributed by atoms with Crippen molar-refractivity contribution < 1.29 is 27.5 Å². The van der Waals surface area contributed by atoms with Crippen LogP contribution in [0.2, 0.25) is 10.0 Å². The number of methoxy groups -OCH3 is 1. The van der Waals surface area contributed by atoms with E-state index in [2.05, 4.69) is 9.97 Å². The molecule has 0 aliphatic carbocycles. The van der Waals surface area contributed by atoms with Crippen LogP contribution in [0.15, 0.2) is 65.7 Å². The number of fused-ring (bicyclic) bond motifs is 1. The quantitative estimate of drug-likeness (QED) is 0.209. The van der Waals surface area contributed by atoms with E-state index in [1.54, 1.807) is 81.6 Å². The van der Waals surface area contributed by atoms with E-state index < -0.39 is 21.5 Å². The normalized spacial score (nSPS) is 14.4. The second-order valence-electron chi connectivity index (χ2n) is 11.1. The molecule has 0 spiro atoms. The van der Waals surface area contributed by atoms with Gasteiger partial charge in [-0.2, -0.15) is 0 Å². The third kappa shape index (κ3) is 6.29. The molecule has 5 rings (SSSR count). The molecule has 2 aromatic heterocycles. The number of aldehydes is 1. The van der Waals surface area contributed by atoms with Gasteiger partial charge in [0.25, 0.3) is 0 Å². The van der Waals surface area contributed by atoms with E-state index in [0.717, 1.165) is 0 Å². The molecule has 228 valence electrons. The lowest BCUT2D eigenvalue weighted by Crippen LogP contribution is -2.37. The molecule has 1 aliphatic rings. The molecule has 2 aromatic carbocycles. The van der Waals surface area contributed by atoms with Crippen LogP contribution in [0.3, 0.4) is 0 Å². The minimum absolute atomic E-state index is 0.00317. The maximum Gasteiger partial charge on any atom is 0.410 e. The van der Waals surface area contributed by atoms with E-state index in [1.807, 2.05) is 0 Å². The fraction of sp³-hybridized carbons (Fsp3) is 0.250. The van der Waals surface area contributed by atoms with Crippen LogP contribution in [-0.4, -0.2) is 60.7 Å². The van der Waals surface area contributed by atoms with Gasteiger partial charge in [-0.25, -0.2) is 18.2 Å². The fourth-order valence-corrected chi connectivity index (χ4v) is 7.04. The summed E-state index contributed by atoms with van der Waals surface area (Å²) >= 11 is 13.8. The Hall–Kier alpha value is -3.99. The highest BCUT2D eigenvalue weighted by Crippen LogP contribution is 2.42. The van der Waals surface area contributed by atoms with E-state index >= 15 is 0 Å². The Morgan fingerprint density at radius 3 is 2.43 bits per heavy atom. The summed E-state index contributed by atoms with van der Waals surface area (Å²) in [5, 5.41) is 0.640. The largest absolute Gasteiger partial charge is 0.480 e. The van der Waals surface area contributed by atoms with Gasteiger partial charge in [0.15, 0.2) is 16.1 Å². The minimum Gasteiger partial charge on any atom is -0.480 e. The van der Waals surface area contributed by atoms with Crippen molar-refractivity contribution in [2.45, 2.75) is 37.8 Å². The zero-order valence-corrected chi connectivity index (χ0v) is 26.8. The predicted molar refractivity (Wildman–Crippen MR) is 169 cm³/mol. The number of nitrogens with zero attached hydrogens (tertiary/aromatic N) is 3. The molecule has 0 N–H and O–H groups in total. The Kier molecular flexibility index (Phi) is 8.71. The van der Waals surface area contributed by atoms with Crippen LogP contribution in [0.5, 0.6) is 5.88 Å². The number of aromatic nitrogens is 2. The molecule has 1 aliphatic heterocycles. The maximum absolute atomic E-state index is 13.3. The Morgan fingerprint density at radius 2 is 1.73 bits per heavy atom. The van der Waals surface area contributed by atoms with Crippen LogP contribution < -0.4 is 4.74 Å². The number of hydrogen-bond acceptors (Lipinski definition) is 8. The Morgan fingerprint density at radius 1 is 1.00 bits per heavy atom. The van der Waals surface area contributed by atoms with Gasteiger partial charge in [0.05, 0.1) is 51.3 Å². The topological polar surface area (TPSA) is 116 Å². The molecule has 1 amide bonds. The average Bonchev–Trinajstić information content (AvgIpc) is 3.11. The number of halogens is 2. The first-order valence-corrected chi connectivity index (χ1v) is 16.0. The second-order valence-corrected chi connectivity index (χ2v) is 14.0. The molecule has 0 unspecified atom stereocenters. The molecule has 3 heterocycles. The number of hydrogen-bond donors (Lipinski definition) is 0. The minimum atomic E-state index is -3.73. The lowest BCUT2D eigenvalue weighted by molar-refractivity contribution is 0.0246. The standard InChI is InChI=1S/C32H29Cl2N3O6S/c1-32(2,3)43-31(39)37-14-15-44(40,41)26-16-19(8-9-20(26)17-37)29-28(34)23(12-13-35-29)22-6-5-7-24(27(22)33)25-11-10-21(18-38)30(36-25)42-4/h5-13,16,18H,14-15,17H2,1-4H3. The SMILES string of the molecule is COc1nc(-c2cccc(-c3ccnc(-c4ccc5c(c4)S(=O)(=O)CCN(C(=O)OC(C)(C)C)C5)c3Cl)c2Cl)ccc1C=O. The molecule has 44 heavy (non-hydrogen) atoms. The molecule has 0 saturated carbocycles. The van der Waals surface area contributed by atoms with Crippen LogP contribution in [0, 0.1) is 0 Å². The number of rotatable bonds is 5. The monoisotopic (exact) mass is 653 g/mol. The Balaban J connectivity index is 1.54. The van der Waals surface area contributed by atoms with Crippen molar-refractivity contribution in [2.24, 2.45) is 0 Å². The number of amides is 1. The highest BCUT2D eigenvalue weighted by molar-refractivity contribution is 7.91. The molecule has 12 heteroatoms. The zero-order valence-electron chi connectivity index (χ0n) is 24.4. The molecular weight excluding hydrogens is 625 g/mol. The first kappa shape index (κ1) is 31.4. The van der Waals surface area contributed by atoms with Crippen molar-refractivity contribution in [2.75, 3.05) is 19.4 Å². The van der Waals surface area contributed by atoms with Crippen molar-refractivity contribution in [1.29, 1.82) is 0 Å². The van der Waals surface area contributed by atoms with Gasteiger partial charge < -0.3 is 14.4 Å². The maximum atomic E-state index is 13.3. The summed E-state index contributed by atoms with van der Waals surface area (Å²) in [5.74, 6) is -0.0746. The van der Waals surface area contributed by atoms with E-state index in [9.17, 15) is 18.0 Å². The lowest BCUT2D eigenvalue weighted by atomic mass is 9.99. The van der Waals surface area contributed by atoms with Crippen molar-refractivity contribution in [3.05, 3.63) is 82.0 Å². The molecule has 0 fully saturated rings. The predicted octanol–water partition coefficient (Wildman–Crippen LogP) is 7.13. The molecule has 0 radical (unpaired) electrons. The number of pyridine rings is 2. The first-order chi connectivity index (χ1) is 20.8. The van der Waals surface area contributed by atoms with Crippen molar-refractivity contribution in [1.82, 2.24) is 14.9 Å². The lowest BCUT2D eigenvalue weighted by Gasteiger charge is -2.26. The molecular formula is C32H29Cl2N3O6S. The summed E-state index contributed by atoms with van der Waals surface area (Å²) in [5.41, 5.74) is 3.22. The third-order valence-electron chi connectivity index (χ3n) is 6.98. The summed E-state index contributed by atoms with van der Waals surface area (Å²) in [6.45, 7) is 5.36. The third-order valence-corrected chi connectivity index (χ3v) is 9.54. The summed E-state index contributed by atoms with van der Waals surface area (Å²) < 4.78 is 37.4. The first-order valence-electron chi connectivity index (χ1n) is 13.6. The number of sulfone groups is 1. The van der Waals surface area contributed by atoms with Crippen molar-refractivity contribution in [3.8, 4) is 39.5 Å². The van der Waals surface area contributed by atoms with Gasteiger partial charge in [-0.05, 0) is 50.6 Å². The van der Waals surface area contributed by atoms with Gasteiger partial charge in [0.2, 0.25) is 5.88 Å². The molecule has 0 bridgehead atoms. The van der Waals surface area contributed by atoms with E-state index in [4.69, 9.17) is 32.7 Å². The fourth-order valence-electron chi connectivity index (χ4n) is 4.87. The van der Waals surface area contributed by atoms with Crippen molar-refractivity contribution in [3.63, 3.8) is 0 Å². The molecule has 4 aromatic rings.